The smallest absolute Gasteiger partial charge is 0.0912 e. The predicted octanol–water partition coefficient (Wildman–Crippen LogP) is 6.98. The Balaban J connectivity index is 1.59. The number of hydrogen-bond donors (Lipinski definition) is 0. The van der Waals surface area contributed by atoms with Gasteiger partial charge in [0.1, 0.15) is 0 Å². The summed E-state index contributed by atoms with van der Waals surface area (Å²) in [6, 6.07) is 2.02. The molecule has 0 aromatic rings. The zero-order chi connectivity index (χ0) is 17.0. The summed E-state index contributed by atoms with van der Waals surface area (Å²) >= 11 is 0. The SMILES string of the molecule is CC[C@H]1CC[C@H](/C=C/[C@H]2CC[C@H](CC/C=C/C=C/C#N)CC2)CC1. The Morgan fingerprint density at radius 2 is 1.42 bits per heavy atom. The van der Waals surface area contributed by atoms with Crippen LogP contribution in [0.25, 0.3) is 0 Å². The van der Waals surface area contributed by atoms with Gasteiger partial charge in [-0.2, -0.15) is 5.26 Å². The molecule has 0 aromatic carbocycles. The van der Waals surface area contributed by atoms with Gasteiger partial charge >= 0.3 is 0 Å². The summed E-state index contributed by atoms with van der Waals surface area (Å²) in [5, 5.41) is 8.43. The van der Waals surface area contributed by atoms with Crippen LogP contribution in [-0.4, -0.2) is 0 Å². The van der Waals surface area contributed by atoms with Gasteiger partial charge in [-0.25, -0.2) is 0 Å². The molecule has 0 atom stereocenters. The first kappa shape index (κ1) is 19.0. The summed E-state index contributed by atoms with van der Waals surface area (Å²) in [4.78, 5) is 0. The summed E-state index contributed by atoms with van der Waals surface area (Å²) in [6.07, 6.45) is 27.9. The minimum atomic E-state index is 0.847. The van der Waals surface area contributed by atoms with Crippen LogP contribution >= 0.6 is 0 Å². The molecule has 1 heteroatoms. The van der Waals surface area contributed by atoms with E-state index in [4.69, 9.17) is 5.26 Å². The van der Waals surface area contributed by atoms with Crippen molar-refractivity contribution >= 4 is 0 Å². The summed E-state index contributed by atoms with van der Waals surface area (Å²) in [7, 11) is 0. The van der Waals surface area contributed by atoms with Crippen molar-refractivity contribution in [2.24, 2.45) is 23.7 Å². The van der Waals surface area contributed by atoms with Crippen LogP contribution in [0.4, 0.5) is 0 Å². The fourth-order valence-corrected chi connectivity index (χ4v) is 4.38. The van der Waals surface area contributed by atoms with Crippen LogP contribution in [0.15, 0.2) is 36.5 Å². The average Bonchev–Trinajstić information content (AvgIpc) is 2.64. The number of allylic oxidation sites excluding steroid dienone is 6. The summed E-state index contributed by atoms with van der Waals surface area (Å²) < 4.78 is 0. The Kier molecular flexibility index (Phi) is 8.96. The van der Waals surface area contributed by atoms with E-state index in [0.717, 1.165) is 30.1 Å². The van der Waals surface area contributed by atoms with Gasteiger partial charge < -0.3 is 0 Å². The van der Waals surface area contributed by atoms with Crippen LogP contribution in [0.1, 0.15) is 77.6 Å². The van der Waals surface area contributed by atoms with Gasteiger partial charge in [0.2, 0.25) is 0 Å². The molecule has 1 nitrogen and oxygen atoms in total. The van der Waals surface area contributed by atoms with E-state index in [1.54, 1.807) is 0 Å². The van der Waals surface area contributed by atoms with Gasteiger partial charge in [0.25, 0.3) is 0 Å². The maximum atomic E-state index is 8.43. The van der Waals surface area contributed by atoms with E-state index < -0.39 is 0 Å². The highest BCUT2D eigenvalue weighted by atomic mass is 14.3. The lowest BCUT2D eigenvalue weighted by Gasteiger charge is -2.28. The Labute approximate surface area is 149 Å². The zero-order valence-electron chi connectivity index (χ0n) is 15.5. The minimum Gasteiger partial charge on any atom is -0.193 e. The number of rotatable bonds is 7. The normalized spacial score (nSPS) is 31.8. The topological polar surface area (TPSA) is 23.8 Å². The lowest BCUT2D eigenvalue weighted by molar-refractivity contribution is 0.290. The van der Waals surface area contributed by atoms with E-state index >= 15 is 0 Å². The number of hydrogen-bond acceptors (Lipinski definition) is 1. The first-order valence-corrected chi connectivity index (χ1v) is 10.2. The quantitative estimate of drug-likeness (QED) is 0.281. The monoisotopic (exact) mass is 325 g/mol. The molecule has 0 aromatic heterocycles. The first-order valence-electron chi connectivity index (χ1n) is 10.2. The fraction of sp³-hybridized carbons (Fsp3) is 0.696. The van der Waals surface area contributed by atoms with Crippen molar-refractivity contribution in [3.8, 4) is 6.07 Å². The molecule has 0 amide bonds. The molecule has 132 valence electrons. The van der Waals surface area contributed by atoms with Gasteiger partial charge in [0, 0.05) is 6.08 Å². The Bertz CT molecular complexity index is 449. The second-order valence-corrected chi connectivity index (χ2v) is 7.85. The summed E-state index contributed by atoms with van der Waals surface area (Å²) in [5.74, 6) is 3.64. The molecule has 0 N–H and O–H groups in total. The van der Waals surface area contributed by atoms with Crippen molar-refractivity contribution in [2.75, 3.05) is 0 Å². The molecule has 2 aliphatic rings. The van der Waals surface area contributed by atoms with Gasteiger partial charge in [-0.1, -0.05) is 43.7 Å². The van der Waals surface area contributed by atoms with Gasteiger partial charge in [-0.3, -0.25) is 0 Å². The van der Waals surface area contributed by atoms with E-state index in [1.165, 1.54) is 70.3 Å². The van der Waals surface area contributed by atoms with Crippen LogP contribution < -0.4 is 0 Å². The molecule has 0 bridgehead atoms. The highest BCUT2D eigenvalue weighted by molar-refractivity contribution is 5.11. The van der Waals surface area contributed by atoms with Crippen molar-refractivity contribution in [3.05, 3.63) is 36.5 Å². The maximum absolute atomic E-state index is 8.43. The minimum absolute atomic E-state index is 0.847. The van der Waals surface area contributed by atoms with E-state index in [9.17, 15) is 0 Å². The van der Waals surface area contributed by atoms with Crippen molar-refractivity contribution < 1.29 is 0 Å². The molecular formula is C23H35N. The molecule has 0 aliphatic heterocycles. The van der Waals surface area contributed by atoms with E-state index in [-0.39, 0.29) is 0 Å². The second-order valence-electron chi connectivity index (χ2n) is 7.85. The van der Waals surface area contributed by atoms with Gasteiger partial charge in [-0.05, 0) is 87.9 Å². The third-order valence-corrected chi connectivity index (χ3v) is 6.18. The molecule has 2 fully saturated rings. The predicted molar refractivity (Wildman–Crippen MR) is 103 cm³/mol. The van der Waals surface area contributed by atoms with E-state index in [2.05, 4.69) is 25.2 Å². The van der Waals surface area contributed by atoms with E-state index in [0.29, 0.717) is 0 Å². The van der Waals surface area contributed by atoms with Gasteiger partial charge in [0.15, 0.2) is 0 Å². The van der Waals surface area contributed by atoms with Crippen molar-refractivity contribution in [1.29, 1.82) is 5.26 Å². The van der Waals surface area contributed by atoms with Crippen molar-refractivity contribution in [3.63, 3.8) is 0 Å². The van der Waals surface area contributed by atoms with Crippen molar-refractivity contribution in [1.82, 2.24) is 0 Å². The Morgan fingerprint density at radius 1 is 0.833 bits per heavy atom. The molecule has 0 saturated heterocycles. The highest BCUT2D eigenvalue weighted by Gasteiger charge is 2.21. The molecule has 2 rings (SSSR count). The van der Waals surface area contributed by atoms with Crippen LogP contribution in [0.3, 0.4) is 0 Å². The van der Waals surface area contributed by atoms with Crippen LogP contribution in [-0.2, 0) is 0 Å². The molecular weight excluding hydrogens is 290 g/mol. The molecule has 0 unspecified atom stereocenters. The summed E-state index contributed by atoms with van der Waals surface area (Å²) in [6.45, 7) is 2.35. The fourth-order valence-electron chi connectivity index (χ4n) is 4.38. The van der Waals surface area contributed by atoms with Crippen LogP contribution in [0.2, 0.25) is 0 Å². The Hall–Kier alpha value is -1.29. The molecule has 2 saturated carbocycles. The van der Waals surface area contributed by atoms with Gasteiger partial charge in [0.05, 0.1) is 6.07 Å². The second kappa shape index (κ2) is 11.3. The lowest BCUT2D eigenvalue weighted by Crippen LogP contribution is -2.14. The zero-order valence-corrected chi connectivity index (χ0v) is 15.5. The highest BCUT2D eigenvalue weighted by Crippen LogP contribution is 2.35. The first-order chi connectivity index (χ1) is 11.8. The number of nitrogens with zero attached hydrogens (tertiary/aromatic N) is 1. The molecule has 0 heterocycles. The molecule has 2 aliphatic carbocycles. The molecule has 0 spiro atoms. The van der Waals surface area contributed by atoms with Crippen LogP contribution in [0, 0.1) is 35.0 Å². The summed E-state index contributed by atoms with van der Waals surface area (Å²) in [5.41, 5.74) is 0. The largest absolute Gasteiger partial charge is 0.193 e. The van der Waals surface area contributed by atoms with Crippen molar-refractivity contribution in [2.45, 2.75) is 77.6 Å². The Morgan fingerprint density at radius 3 is 1.96 bits per heavy atom. The molecule has 24 heavy (non-hydrogen) atoms. The molecule has 0 radical (unpaired) electrons. The van der Waals surface area contributed by atoms with Gasteiger partial charge in [-0.15, -0.1) is 0 Å². The average molecular weight is 326 g/mol. The third-order valence-electron chi connectivity index (χ3n) is 6.18. The number of nitriles is 1. The third kappa shape index (κ3) is 7.08. The maximum Gasteiger partial charge on any atom is 0.0912 e. The standard InChI is InChI=1S/C23H35N/c1-2-20-9-11-22(12-10-20)17-18-23-15-13-21(14-16-23)8-6-4-3-5-7-19-24/h3-5,7,17-18,20-23H,2,6,8-16H2,1H3/b4-3+,7-5+,18-17+/t20-,21-,22-,23-. The van der Waals surface area contributed by atoms with Crippen LogP contribution in [0.5, 0.6) is 0 Å². The lowest BCUT2D eigenvalue weighted by atomic mass is 9.78. The van der Waals surface area contributed by atoms with E-state index in [1.807, 2.05) is 18.2 Å².